The molecule has 2 saturated heterocycles. The number of nitrogens with zero attached hydrogens (tertiary/aromatic N) is 2. The number of para-hydroxylation sites is 1. The first-order valence-electron chi connectivity index (χ1n) is 19.3. The maximum atomic E-state index is 2.82. The fourth-order valence-corrected chi connectivity index (χ4v) is 12.8. The zero-order valence-electron chi connectivity index (χ0n) is 30.0. The molecule has 4 heteroatoms. The third kappa shape index (κ3) is 4.70. The lowest BCUT2D eigenvalue weighted by atomic mass is 9.59. The molecule has 0 spiro atoms. The van der Waals surface area contributed by atoms with Gasteiger partial charge in [-0.25, -0.2) is 4.57 Å². The molecule has 3 aliphatic heterocycles. The average Bonchev–Trinajstić information content (AvgIpc) is 3.56. The number of hydrogen-bond acceptors (Lipinski definition) is 2. The average molecular weight is 676 g/mol. The van der Waals surface area contributed by atoms with Crippen LogP contribution in [0, 0.1) is 0 Å². The van der Waals surface area contributed by atoms with Crippen molar-refractivity contribution in [3.63, 3.8) is 0 Å². The first-order valence-corrected chi connectivity index (χ1v) is 21.6. The van der Waals surface area contributed by atoms with Crippen molar-refractivity contribution in [1.29, 1.82) is 0 Å². The zero-order valence-corrected chi connectivity index (χ0v) is 31.7. The molecule has 1 unspecified atom stereocenters. The van der Waals surface area contributed by atoms with Gasteiger partial charge in [0.15, 0.2) is 5.69 Å². The lowest BCUT2D eigenvalue weighted by Gasteiger charge is -2.48. The highest BCUT2D eigenvalue weighted by atomic mass is 32.2. The van der Waals surface area contributed by atoms with Crippen molar-refractivity contribution >= 4 is 50.8 Å². The van der Waals surface area contributed by atoms with Crippen molar-refractivity contribution < 1.29 is 4.57 Å². The van der Waals surface area contributed by atoms with Gasteiger partial charge < -0.3 is 0 Å². The van der Waals surface area contributed by atoms with Crippen LogP contribution in [0.1, 0.15) is 126 Å². The molecule has 0 aliphatic carbocycles. The maximum absolute atomic E-state index is 2.82. The van der Waals surface area contributed by atoms with Crippen LogP contribution in [-0.4, -0.2) is 27.4 Å². The summed E-state index contributed by atoms with van der Waals surface area (Å²) in [6.07, 6.45) is 15.0. The molecule has 2 fully saturated rings. The summed E-state index contributed by atoms with van der Waals surface area (Å²) in [6.45, 7) is 12.3. The van der Waals surface area contributed by atoms with E-state index in [4.69, 9.17) is 0 Å². The molecule has 0 radical (unpaired) electrons. The van der Waals surface area contributed by atoms with Gasteiger partial charge in [0.2, 0.25) is 0 Å². The van der Waals surface area contributed by atoms with Crippen LogP contribution in [-0.2, 0) is 17.4 Å². The van der Waals surface area contributed by atoms with E-state index in [1.54, 1.807) is 27.8 Å². The van der Waals surface area contributed by atoms with Gasteiger partial charge in [-0.1, -0.05) is 82.6 Å². The molecule has 0 amide bonds. The summed E-state index contributed by atoms with van der Waals surface area (Å²) in [6, 6.07) is 21.8. The smallest absolute Gasteiger partial charge is 0.223 e. The third-order valence-corrected chi connectivity index (χ3v) is 15.4. The van der Waals surface area contributed by atoms with Crippen LogP contribution in [0.2, 0.25) is 0 Å². The number of pyridine rings is 1. The molecule has 5 aromatic rings. The molecule has 48 heavy (non-hydrogen) atoms. The minimum Gasteiger partial charge on any atom is -0.223 e. The van der Waals surface area contributed by atoms with Crippen LogP contribution in [0.15, 0.2) is 60.8 Å². The molecule has 2 nitrogen and oxygen atoms in total. The number of thioether (sulfide) groups is 2. The minimum absolute atomic E-state index is 0.0349. The Morgan fingerprint density at radius 3 is 2.15 bits per heavy atom. The first kappa shape index (κ1) is 32.8. The van der Waals surface area contributed by atoms with Crippen molar-refractivity contribution in [2.75, 3.05) is 23.0 Å². The SMILES string of the molecule is CCCCc1ccc(C2CCSCC2)c(-c2c[n+]3c4c5c(cccc5c5ccccc5n24)C(CC)(CC)C3(C)CC)c1C1CCSCC1. The minimum atomic E-state index is -0.0349. The second kappa shape index (κ2) is 13.0. The fraction of sp³-hybridized carbons (Fsp3) is 0.523. The summed E-state index contributed by atoms with van der Waals surface area (Å²) in [5.74, 6) is 6.42. The monoisotopic (exact) mass is 675 g/mol. The van der Waals surface area contributed by atoms with Crippen molar-refractivity contribution in [3.8, 4) is 11.3 Å². The van der Waals surface area contributed by atoms with Gasteiger partial charge in [0, 0.05) is 21.8 Å². The lowest BCUT2D eigenvalue weighted by molar-refractivity contribution is -0.751. The van der Waals surface area contributed by atoms with E-state index in [1.165, 1.54) is 101 Å². The summed E-state index contributed by atoms with van der Waals surface area (Å²) in [5, 5.41) is 4.30. The summed E-state index contributed by atoms with van der Waals surface area (Å²) < 4.78 is 5.59. The van der Waals surface area contributed by atoms with Gasteiger partial charge in [0.1, 0.15) is 17.3 Å². The maximum Gasteiger partial charge on any atom is 0.296 e. The normalized spacial score (nSPS) is 21.6. The first-order chi connectivity index (χ1) is 23.5. The molecule has 252 valence electrons. The molecule has 2 aromatic heterocycles. The predicted octanol–water partition coefficient (Wildman–Crippen LogP) is 12.0. The number of unbranched alkanes of at least 4 members (excludes halogenated alkanes) is 1. The highest BCUT2D eigenvalue weighted by Crippen LogP contribution is 2.54. The standard InChI is InChI=1S/C44H55N2S2/c1-6-10-14-31-19-20-33(30-21-25-47-26-22-30)41(39(31)32-23-27-48-28-24-32)38-29-45-42-40-35(34-15-11-12-18-37(34)46(38)42)16-13-17-36(40)44(8-3,9-4)43(45,5)7-2/h11-13,15-20,29-30,32H,6-10,14,21-28H2,1-5H3/q+1. The van der Waals surface area contributed by atoms with Gasteiger partial charge >= 0.3 is 0 Å². The quantitative estimate of drug-likeness (QED) is 0.113. The second-order valence-corrected chi connectivity index (χ2v) is 17.6. The molecule has 0 N–H and O–H groups in total. The molecule has 5 heterocycles. The molecule has 0 saturated carbocycles. The molecular formula is C44H55N2S2+. The number of fused-ring (bicyclic) bond motifs is 3. The van der Waals surface area contributed by atoms with E-state index in [1.807, 2.05) is 0 Å². The number of hydrogen-bond donors (Lipinski definition) is 0. The third-order valence-electron chi connectivity index (χ3n) is 13.3. The highest BCUT2D eigenvalue weighted by molar-refractivity contribution is 7.99. The molecule has 8 rings (SSSR count). The van der Waals surface area contributed by atoms with Gasteiger partial charge in [-0.3, -0.25) is 0 Å². The molecule has 3 aromatic carbocycles. The van der Waals surface area contributed by atoms with Gasteiger partial charge in [-0.15, -0.1) is 0 Å². The Morgan fingerprint density at radius 1 is 0.771 bits per heavy atom. The van der Waals surface area contributed by atoms with Crippen molar-refractivity contribution in [1.82, 2.24) is 4.40 Å². The largest absolute Gasteiger partial charge is 0.296 e. The number of imidazole rings is 1. The Balaban J connectivity index is 1.57. The van der Waals surface area contributed by atoms with E-state index < -0.39 is 0 Å². The second-order valence-electron chi connectivity index (χ2n) is 15.2. The summed E-state index contributed by atoms with van der Waals surface area (Å²) in [5.41, 5.74) is 12.5. The number of aryl methyl sites for hydroxylation is 1. The van der Waals surface area contributed by atoms with E-state index in [-0.39, 0.29) is 11.0 Å². The van der Waals surface area contributed by atoms with Crippen LogP contribution in [0.4, 0.5) is 0 Å². The topological polar surface area (TPSA) is 8.29 Å². The Labute approximate surface area is 297 Å². The Hall–Kier alpha value is -2.43. The van der Waals surface area contributed by atoms with Crippen LogP contribution in [0.25, 0.3) is 38.6 Å². The van der Waals surface area contributed by atoms with E-state index in [9.17, 15) is 0 Å². The van der Waals surface area contributed by atoms with Crippen molar-refractivity contribution in [2.45, 2.75) is 122 Å². The van der Waals surface area contributed by atoms with Gasteiger partial charge in [0.05, 0.1) is 5.39 Å². The lowest BCUT2D eigenvalue weighted by Crippen LogP contribution is -2.66. The number of aromatic nitrogens is 2. The van der Waals surface area contributed by atoms with Gasteiger partial charge in [0.25, 0.3) is 5.65 Å². The number of benzene rings is 3. The predicted molar refractivity (Wildman–Crippen MR) is 211 cm³/mol. The van der Waals surface area contributed by atoms with Gasteiger partial charge in [-0.05, 0) is 128 Å². The molecule has 0 bridgehead atoms. The van der Waals surface area contributed by atoms with Crippen molar-refractivity contribution in [2.24, 2.45) is 0 Å². The van der Waals surface area contributed by atoms with Crippen LogP contribution < -0.4 is 4.57 Å². The Kier molecular flexibility index (Phi) is 8.89. The summed E-state index contributed by atoms with van der Waals surface area (Å²) in [7, 11) is 0. The summed E-state index contributed by atoms with van der Waals surface area (Å²) in [4.78, 5) is 0. The fourth-order valence-electron chi connectivity index (χ4n) is 10.6. The van der Waals surface area contributed by atoms with Crippen LogP contribution >= 0.6 is 23.5 Å². The van der Waals surface area contributed by atoms with Gasteiger partial charge in [-0.2, -0.15) is 27.9 Å². The van der Waals surface area contributed by atoms with E-state index in [2.05, 4.69) is 128 Å². The van der Waals surface area contributed by atoms with Crippen molar-refractivity contribution in [3.05, 3.63) is 83.0 Å². The highest BCUT2D eigenvalue weighted by Gasteiger charge is 2.56. The van der Waals surface area contributed by atoms with E-state index >= 15 is 0 Å². The van der Waals surface area contributed by atoms with Crippen LogP contribution in [0.3, 0.4) is 0 Å². The van der Waals surface area contributed by atoms with E-state index in [0.29, 0.717) is 11.8 Å². The Morgan fingerprint density at radius 2 is 1.46 bits per heavy atom. The number of rotatable bonds is 9. The Bertz CT molecular complexity index is 1970. The zero-order chi connectivity index (χ0) is 33.0. The van der Waals surface area contributed by atoms with E-state index in [0.717, 1.165) is 19.3 Å². The molecule has 3 aliphatic rings. The molecule has 1 atom stereocenters. The van der Waals surface area contributed by atoms with Crippen LogP contribution in [0.5, 0.6) is 0 Å². The molecular weight excluding hydrogens is 621 g/mol. The summed E-state index contributed by atoms with van der Waals surface area (Å²) >= 11 is 4.32.